The van der Waals surface area contributed by atoms with Crippen molar-refractivity contribution in [2.24, 2.45) is 0 Å². The van der Waals surface area contributed by atoms with Gasteiger partial charge in [-0.2, -0.15) is 0 Å². The number of hydrogen-bond donors (Lipinski definition) is 2. The molecule has 160 valence electrons. The van der Waals surface area contributed by atoms with Crippen molar-refractivity contribution >= 4 is 35.1 Å². The molecule has 0 aliphatic carbocycles. The second-order valence-electron chi connectivity index (χ2n) is 6.88. The van der Waals surface area contributed by atoms with Gasteiger partial charge in [-0.25, -0.2) is 0 Å². The molecule has 0 aliphatic heterocycles. The number of ether oxygens (including phenoxy) is 1. The van der Waals surface area contributed by atoms with Gasteiger partial charge in [0.25, 0.3) is 5.91 Å². The normalized spacial score (nSPS) is 11.5. The molecule has 0 saturated heterocycles. The van der Waals surface area contributed by atoms with Crippen molar-refractivity contribution in [1.82, 2.24) is 5.32 Å². The highest BCUT2D eigenvalue weighted by molar-refractivity contribution is 6.30. The molecule has 0 bridgehead atoms. The number of carbonyl (C=O) groups is 3. The van der Waals surface area contributed by atoms with Crippen LogP contribution in [-0.2, 0) is 32.0 Å². The van der Waals surface area contributed by atoms with Crippen molar-refractivity contribution in [3.8, 4) is 0 Å². The Bertz CT molecular complexity index is 874. The zero-order chi connectivity index (χ0) is 22.1. The lowest BCUT2D eigenvalue weighted by molar-refractivity contribution is -0.148. The van der Waals surface area contributed by atoms with E-state index >= 15 is 0 Å². The summed E-state index contributed by atoms with van der Waals surface area (Å²) in [6.45, 7) is 5.01. The molecular formula is C23H27ClN2O4. The van der Waals surface area contributed by atoms with Crippen molar-refractivity contribution < 1.29 is 19.1 Å². The molecule has 6 nitrogen and oxygen atoms in total. The van der Waals surface area contributed by atoms with Crippen molar-refractivity contribution in [3.05, 3.63) is 64.2 Å². The number of para-hydroxylation sites is 1. The van der Waals surface area contributed by atoms with Crippen molar-refractivity contribution in [2.75, 3.05) is 11.9 Å². The number of halogens is 1. The number of rotatable bonds is 9. The van der Waals surface area contributed by atoms with E-state index in [0.29, 0.717) is 5.02 Å². The molecule has 0 radical (unpaired) electrons. The fraction of sp³-hybridized carbons (Fsp3) is 0.348. The second kappa shape index (κ2) is 11.4. The fourth-order valence-electron chi connectivity index (χ4n) is 3.14. The predicted molar refractivity (Wildman–Crippen MR) is 117 cm³/mol. The van der Waals surface area contributed by atoms with Crippen LogP contribution in [0.3, 0.4) is 0 Å². The Hall–Kier alpha value is -2.86. The predicted octanol–water partition coefficient (Wildman–Crippen LogP) is 4.21. The van der Waals surface area contributed by atoms with Gasteiger partial charge in [0.1, 0.15) is 0 Å². The summed E-state index contributed by atoms with van der Waals surface area (Å²) in [5.74, 6) is -1.26. The SMILES string of the molecule is CCc1cccc(CC)c1NC(=O)COC(=O)CC(NC(C)=O)c1ccc(Cl)cc1. The largest absolute Gasteiger partial charge is 0.455 e. The highest BCUT2D eigenvalue weighted by Gasteiger charge is 2.19. The summed E-state index contributed by atoms with van der Waals surface area (Å²) in [7, 11) is 0. The minimum Gasteiger partial charge on any atom is -0.455 e. The molecule has 1 unspecified atom stereocenters. The molecule has 0 saturated carbocycles. The molecule has 0 spiro atoms. The smallest absolute Gasteiger partial charge is 0.308 e. The van der Waals surface area contributed by atoms with Gasteiger partial charge in [0.2, 0.25) is 5.91 Å². The van der Waals surface area contributed by atoms with E-state index in [2.05, 4.69) is 10.6 Å². The quantitative estimate of drug-likeness (QED) is 0.583. The van der Waals surface area contributed by atoms with Gasteiger partial charge in [0, 0.05) is 17.6 Å². The topological polar surface area (TPSA) is 84.5 Å². The lowest BCUT2D eigenvalue weighted by Crippen LogP contribution is -2.29. The average Bonchev–Trinajstić information content (AvgIpc) is 2.72. The molecule has 2 N–H and O–H groups in total. The molecule has 0 aliphatic rings. The highest BCUT2D eigenvalue weighted by Crippen LogP contribution is 2.23. The Labute approximate surface area is 182 Å². The number of hydrogen-bond acceptors (Lipinski definition) is 4. The third-order valence-corrected chi connectivity index (χ3v) is 4.90. The number of anilines is 1. The standard InChI is InChI=1S/C23H27ClN2O4/c1-4-16-7-6-8-17(5-2)23(16)26-21(28)14-30-22(29)13-20(25-15(3)27)18-9-11-19(24)12-10-18/h6-12,20H,4-5,13-14H2,1-3H3,(H,25,27)(H,26,28). The van der Waals surface area contributed by atoms with E-state index in [-0.39, 0.29) is 12.3 Å². The first-order chi connectivity index (χ1) is 14.3. The molecule has 2 aromatic rings. The summed E-state index contributed by atoms with van der Waals surface area (Å²) in [4.78, 5) is 36.2. The summed E-state index contributed by atoms with van der Waals surface area (Å²) in [6.07, 6.45) is 1.46. The van der Waals surface area contributed by atoms with Crippen molar-refractivity contribution in [3.63, 3.8) is 0 Å². The fourth-order valence-corrected chi connectivity index (χ4v) is 3.27. The van der Waals surface area contributed by atoms with Gasteiger partial charge >= 0.3 is 5.97 Å². The number of esters is 1. The van der Waals surface area contributed by atoms with Crippen LogP contribution in [0, 0.1) is 0 Å². The van der Waals surface area contributed by atoms with Crippen LogP contribution in [0.2, 0.25) is 5.02 Å². The van der Waals surface area contributed by atoms with Gasteiger partial charge in [-0.05, 0) is 41.7 Å². The monoisotopic (exact) mass is 430 g/mol. The van der Waals surface area contributed by atoms with Crippen LogP contribution in [-0.4, -0.2) is 24.4 Å². The first kappa shape index (κ1) is 23.4. The first-order valence-corrected chi connectivity index (χ1v) is 10.3. The lowest BCUT2D eigenvalue weighted by Gasteiger charge is -2.18. The van der Waals surface area contributed by atoms with Gasteiger partial charge < -0.3 is 15.4 Å². The van der Waals surface area contributed by atoms with E-state index in [1.165, 1.54) is 6.92 Å². The molecule has 2 amide bonds. The molecule has 2 aromatic carbocycles. The summed E-state index contributed by atoms with van der Waals surface area (Å²) in [6, 6.07) is 12.2. The van der Waals surface area contributed by atoms with Crippen molar-refractivity contribution in [2.45, 2.75) is 46.1 Å². The molecule has 30 heavy (non-hydrogen) atoms. The van der Waals surface area contributed by atoms with Crippen LogP contribution < -0.4 is 10.6 Å². The number of nitrogens with one attached hydrogen (secondary N) is 2. The molecule has 7 heteroatoms. The van der Waals surface area contributed by atoms with E-state index in [1.807, 2.05) is 32.0 Å². The van der Waals surface area contributed by atoms with Gasteiger partial charge in [-0.3, -0.25) is 14.4 Å². The van der Waals surface area contributed by atoms with Crippen LogP contribution in [0.5, 0.6) is 0 Å². The van der Waals surface area contributed by atoms with E-state index < -0.39 is 24.5 Å². The molecule has 0 heterocycles. The minimum atomic E-state index is -0.585. The van der Waals surface area contributed by atoms with E-state index in [1.54, 1.807) is 24.3 Å². The third-order valence-electron chi connectivity index (χ3n) is 4.65. The summed E-state index contributed by atoms with van der Waals surface area (Å²) in [5.41, 5.74) is 3.56. The molecular weight excluding hydrogens is 404 g/mol. The van der Waals surface area contributed by atoms with E-state index in [4.69, 9.17) is 16.3 Å². The van der Waals surface area contributed by atoms with E-state index in [9.17, 15) is 14.4 Å². The Kier molecular flexibility index (Phi) is 8.87. The Morgan fingerprint density at radius 1 is 1.00 bits per heavy atom. The van der Waals surface area contributed by atoms with Crippen LogP contribution in [0.1, 0.15) is 49.9 Å². The number of carbonyl (C=O) groups excluding carboxylic acids is 3. The highest BCUT2D eigenvalue weighted by atomic mass is 35.5. The van der Waals surface area contributed by atoms with Gasteiger partial charge in [0.05, 0.1) is 12.5 Å². The van der Waals surface area contributed by atoms with Crippen LogP contribution in [0.25, 0.3) is 0 Å². The summed E-state index contributed by atoms with van der Waals surface area (Å²) >= 11 is 5.90. The summed E-state index contributed by atoms with van der Waals surface area (Å²) < 4.78 is 5.15. The maximum absolute atomic E-state index is 12.4. The van der Waals surface area contributed by atoms with E-state index in [0.717, 1.165) is 35.2 Å². The molecule has 2 rings (SSSR count). The van der Waals surface area contributed by atoms with Crippen LogP contribution >= 0.6 is 11.6 Å². The number of benzene rings is 2. The Morgan fingerprint density at radius 3 is 2.13 bits per heavy atom. The second-order valence-corrected chi connectivity index (χ2v) is 7.31. The zero-order valence-corrected chi connectivity index (χ0v) is 18.2. The van der Waals surface area contributed by atoms with Gasteiger partial charge in [-0.1, -0.05) is 55.8 Å². The zero-order valence-electron chi connectivity index (χ0n) is 17.5. The van der Waals surface area contributed by atoms with Crippen LogP contribution in [0.15, 0.2) is 42.5 Å². The lowest BCUT2D eigenvalue weighted by atomic mass is 10.0. The first-order valence-electron chi connectivity index (χ1n) is 9.92. The molecule has 0 fully saturated rings. The molecule has 1 atom stereocenters. The number of aryl methyl sites for hydroxylation is 2. The maximum Gasteiger partial charge on any atom is 0.308 e. The minimum absolute atomic E-state index is 0.0970. The third kappa shape index (κ3) is 6.88. The Balaban J connectivity index is 1.98. The average molecular weight is 431 g/mol. The van der Waals surface area contributed by atoms with Crippen LogP contribution in [0.4, 0.5) is 5.69 Å². The van der Waals surface area contributed by atoms with Crippen molar-refractivity contribution in [1.29, 1.82) is 0 Å². The van der Waals surface area contributed by atoms with Gasteiger partial charge in [0.15, 0.2) is 6.61 Å². The number of amides is 2. The summed E-state index contributed by atoms with van der Waals surface area (Å²) in [5, 5.41) is 6.13. The molecule has 0 aromatic heterocycles. The maximum atomic E-state index is 12.4. The Morgan fingerprint density at radius 2 is 1.60 bits per heavy atom. The van der Waals surface area contributed by atoms with Gasteiger partial charge in [-0.15, -0.1) is 0 Å².